The third kappa shape index (κ3) is 3.35. The maximum atomic E-state index is 14.4. The van der Waals surface area contributed by atoms with Gasteiger partial charge in [0.05, 0.1) is 12.2 Å². The summed E-state index contributed by atoms with van der Waals surface area (Å²) >= 11 is 0. The minimum Gasteiger partial charge on any atom is -0.424 e. The van der Waals surface area contributed by atoms with Crippen LogP contribution >= 0.6 is 0 Å². The van der Waals surface area contributed by atoms with Gasteiger partial charge < -0.3 is 4.42 Å². The highest BCUT2D eigenvalue weighted by molar-refractivity contribution is 5.37. The highest BCUT2D eigenvalue weighted by Crippen LogP contribution is 2.22. The number of nitrogens with zero attached hydrogens (tertiary/aromatic N) is 4. The number of benzene rings is 1. The molecule has 0 saturated carbocycles. The van der Waals surface area contributed by atoms with Crippen molar-refractivity contribution < 1.29 is 8.81 Å². The van der Waals surface area contributed by atoms with Crippen LogP contribution in [0.5, 0.6) is 0 Å². The molecule has 0 saturated heterocycles. The van der Waals surface area contributed by atoms with E-state index in [2.05, 4.69) is 20.6 Å². The third-order valence-corrected chi connectivity index (χ3v) is 3.84. The molecular weight excluding hydrogens is 309 g/mol. The van der Waals surface area contributed by atoms with E-state index < -0.39 is 0 Å². The summed E-state index contributed by atoms with van der Waals surface area (Å²) in [5, 5.41) is 15.3. The highest BCUT2D eigenvalue weighted by Gasteiger charge is 2.17. The van der Waals surface area contributed by atoms with Crippen molar-refractivity contribution in [1.29, 1.82) is 0 Å². The van der Waals surface area contributed by atoms with Crippen LogP contribution in [-0.2, 0) is 0 Å². The van der Waals surface area contributed by atoms with Crippen molar-refractivity contribution in [2.24, 2.45) is 0 Å². The van der Waals surface area contributed by atoms with Gasteiger partial charge in [-0.2, -0.15) is 5.10 Å². The Morgan fingerprint density at radius 2 is 1.96 bits per heavy atom. The molecule has 0 unspecified atom stereocenters. The van der Waals surface area contributed by atoms with Gasteiger partial charge in [0.25, 0.3) is 0 Å². The first-order valence-electron chi connectivity index (χ1n) is 7.81. The van der Waals surface area contributed by atoms with Crippen LogP contribution < -0.4 is 5.32 Å². The van der Waals surface area contributed by atoms with Crippen molar-refractivity contribution in [3.8, 4) is 5.69 Å². The molecule has 7 heteroatoms. The van der Waals surface area contributed by atoms with Crippen LogP contribution in [0, 0.1) is 19.7 Å². The summed E-state index contributed by atoms with van der Waals surface area (Å²) in [6, 6.07) is 4.94. The molecule has 24 heavy (non-hydrogen) atoms. The Labute approximate surface area is 139 Å². The molecular formula is C17H20FN5O. The van der Waals surface area contributed by atoms with Gasteiger partial charge in [0, 0.05) is 19.2 Å². The summed E-state index contributed by atoms with van der Waals surface area (Å²) < 4.78 is 21.4. The van der Waals surface area contributed by atoms with Crippen LogP contribution in [0.25, 0.3) is 5.69 Å². The second kappa shape index (κ2) is 6.52. The van der Waals surface area contributed by atoms with Gasteiger partial charge in [-0.3, -0.25) is 5.32 Å². The van der Waals surface area contributed by atoms with E-state index in [-0.39, 0.29) is 17.9 Å². The van der Waals surface area contributed by atoms with E-state index in [4.69, 9.17) is 4.42 Å². The summed E-state index contributed by atoms with van der Waals surface area (Å²) in [4.78, 5) is 0. The van der Waals surface area contributed by atoms with Gasteiger partial charge >= 0.3 is 0 Å². The molecule has 1 N–H and O–H groups in total. The van der Waals surface area contributed by atoms with Crippen LogP contribution in [0.4, 0.5) is 4.39 Å². The normalized spacial score (nSPS) is 13.9. The molecule has 0 amide bonds. The van der Waals surface area contributed by atoms with E-state index in [0.717, 1.165) is 11.1 Å². The van der Waals surface area contributed by atoms with E-state index in [9.17, 15) is 4.39 Å². The first-order chi connectivity index (χ1) is 11.4. The van der Waals surface area contributed by atoms with Gasteiger partial charge in [0.2, 0.25) is 11.8 Å². The number of aryl methyl sites for hydroxylation is 2. The van der Waals surface area contributed by atoms with E-state index in [1.807, 2.05) is 26.8 Å². The molecule has 0 aliphatic carbocycles. The second-order valence-electron chi connectivity index (χ2n) is 5.94. The van der Waals surface area contributed by atoms with Crippen LogP contribution in [0.1, 0.15) is 48.8 Å². The van der Waals surface area contributed by atoms with E-state index >= 15 is 0 Å². The summed E-state index contributed by atoms with van der Waals surface area (Å²) in [5.41, 5.74) is 2.25. The lowest BCUT2D eigenvalue weighted by Crippen LogP contribution is -2.23. The number of nitrogens with one attached hydrogen (secondary N) is 1. The molecule has 0 aliphatic rings. The number of rotatable bonds is 5. The zero-order valence-electron chi connectivity index (χ0n) is 14.1. The summed E-state index contributed by atoms with van der Waals surface area (Å²) in [6.07, 6.45) is 3.49. The third-order valence-electron chi connectivity index (χ3n) is 3.84. The predicted octanol–water partition coefficient (Wildman–Crippen LogP) is 3.42. The lowest BCUT2D eigenvalue weighted by atomic mass is 10.1. The summed E-state index contributed by atoms with van der Waals surface area (Å²) in [6.45, 7) is 7.56. The number of hydrogen-bond donors (Lipinski definition) is 1. The molecule has 0 aliphatic heterocycles. The molecule has 1 aromatic carbocycles. The Bertz CT molecular complexity index is 841. The fourth-order valence-corrected chi connectivity index (χ4v) is 2.55. The topological polar surface area (TPSA) is 68.8 Å². The Morgan fingerprint density at radius 3 is 2.54 bits per heavy atom. The molecule has 0 spiro atoms. The molecule has 3 rings (SSSR count). The molecule has 0 radical (unpaired) electrons. The lowest BCUT2D eigenvalue weighted by molar-refractivity contribution is 0.379. The summed E-state index contributed by atoms with van der Waals surface area (Å²) in [7, 11) is 0. The van der Waals surface area contributed by atoms with Gasteiger partial charge in [0.15, 0.2) is 0 Å². The zero-order chi connectivity index (χ0) is 17.3. The van der Waals surface area contributed by atoms with Crippen molar-refractivity contribution >= 4 is 0 Å². The molecule has 0 fully saturated rings. The average molecular weight is 329 g/mol. The maximum Gasteiger partial charge on any atom is 0.233 e. The monoisotopic (exact) mass is 329 g/mol. The zero-order valence-corrected chi connectivity index (χ0v) is 14.1. The van der Waals surface area contributed by atoms with E-state index in [1.165, 1.54) is 10.7 Å². The molecule has 2 aromatic heterocycles. The second-order valence-corrected chi connectivity index (χ2v) is 5.94. The maximum absolute atomic E-state index is 14.4. The Kier molecular flexibility index (Phi) is 4.44. The quantitative estimate of drug-likeness (QED) is 0.777. The van der Waals surface area contributed by atoms with Crippen LogP contribution in [0.3, 0.4) is 0 Å². The van der Waals surface area contributed by atoms with Crippen LogP contribution in [-0.4, -0.2) is 20.0 Å². The molecule has 0 bridgehead atoms. The standard InChI is InChI=1S/C17H20FN5O/c1-10-8-19-23(9-10)16-6-5-14(7-15(16)18)11(2)20-12(3)17-22-21-13(4)24-17/h5-9,11-12,20H,1-4H3/t11-,12+/m0/s1. The van der Waals surface area contributed by atoms with Gasteiger partial charge in [0.1, 0.15) is 11.5 Å². The van der Waals surface area contributed by atoms with Crippen molar-refractivity contribution in [2.75, 3.05) is 0 Å². The number of halogens is 1. The van der Waals surface area contributed by atoms with E-state index in [0.29, 0.717) is 17.5 Å². The van der Waals surface area contributed by atoms with Crippen molar-refractivity contribution in [2.45, 2.75) is 39.8 Å². The minimum atomic E-state index is -0.314. The Morgan fingerprint density at radius 1 is 1.17 bits per heavy atom. The van der Waals surface area contributed by atoms with Crippen molar-refractivity contribution in [3.63, 3.8) is 0 Å². The molecule has 2 heterocycles. The smallest absolute Gasteiger partial charge is 0.233 e. The Balaban J connectivity index is 1.75. The molecule has 126 valence electrons. The largest absolute Gasteiger partial charge is 0.424 e. The molecule has 6 nitrogen and oxygen atoms in total. The predicted molar refractivity (Wildman–Crippen MR) is 87.3 cm³/mol. The molecule has 3 aromatic rings. The number of hydrogen-bond acceptors (Lipinski definition) is 5. The van der Waals surface area contributed by atoms with E-state index in [1.54, 1.807) is 25.4 Å². The van der Waals surface area contributed by atoms with Crippen molar-refractivity contribution in [1.82, 2.24) is 25.3 Å². The van der Waals surface area contributed by atoms with Gasteiger partial charge in [-0.15, -0.1) is 10.2 Å². The minimum absolute atomic E-state index is 0.0740. The van der Waals surface area contributed by atoms with Gasteiger partial charge in [-0.05, 0) is 44.0 Å². The highest BCUT2D eigenvalue weighted by atomic mass is 19.1. The molecule has 2 atom stereocenters. The first-order valence-corrected chi connectivity index (χ1v) is 7.81. The number of aromatic nitrogens is 4. The average Bonchev–Trinajstić information content (AvgIpc) is 3.15. The first kappa shape index (κ1) is 16.3. The lowest BCUT2D eigenvalue weighted by Gasteiger charge is -2.18. The Hall–Kier alpha value is -2.54. The summed E-state index contributed by atoms with van der Waals surface area (Å²) in [5.74, 6) is 0.727. The fourth-order valence-electron chi connectivity index (χ4n) is 2.55. The van der Waals surface area contributed by atoms with Crippen LogP contribution in [0.2, 0.25) is 0 Å². The fraction of sp³-hybridized carbons (Fsp3) is 0.353. The van der Waals surface area contributed by atoms with Gasteiger partial charge in [-0.25, -0.2) is 9.07 Å². The SMILES string of the molecule is Cc1cnn(-c2ccc([C@H](C)N[C@H](C)c3nnc(C)o3)cc2F)c1. The van der Waals surface area contributed by atoms with Crippen molar-refractivity contribution in [3.05, 3.63) is 59.3 Å². The van der Waals surface area contributed by atoms with Gasteiger partial charge in [-0.1, -0.05) is 6.07 Å². The van der Waals surface area contributed by atoms with Crippen LogP contribution in [0.15, 0.2) is 35.0 Å².